The van der Waals surface area contributed by atoms with Gasteiger partial charge in [-0.3, -0.25) is 4.79 Å². The molecule has 0 fully saturated rings. The number of aryl methyl sites for hydroxylation is 2. The minimum Gasteiger partial charge on any atom is -0.384 e. The molecule has 1 aromatic carbocycles. The van der Waals surface area contributed by atoms with Crippen molar-refractivity contribution in [2.24, 2.45) is 0 Å². The van der Waals surface area contributed by atoms with Crippen LogP contribution in [-0.2, 0) is 0 Å². The van der Waals surface area contributed by atoms with Crippen molar-refractivity contribution in [1.29, 1.82) is 0 Å². The number of hydrogen-bond donors (Lipinski definition) is 2. The molecule has 0 aliphatic carbocycles. The van der Waals surface area contributed by atoms with Crippen LogP contribution in [0.2, 0.25) is 5.02 Å². The zero-order valence-electron chi connectivity index (χ0n) is 11.7. The number of nitrogens with one attached hydrogen (secondary N) is 1. The number of rotatable bonds is 2. The second kappa shape index (κ2) is 6.77. The van der Waals surface area contributed by atoms with E-state index in [0.717, 1.165) is 16.0 Å². The maximum Gasteiger partial charge on any atom is 0.265 e. The molecule has 0 aliphatic rings. The number of amides is 1. The number of carbonyl (C=O) groups is 1. The minimum atomic E-state index is -0.217. The summed E-state index contributed by atoms with van der Waals surface area (Å²) in [6, 6.07) is 7.25. The molecule has 2 N–H and O–H groups in total. The Morgan fingerprint density at radius 1 is 1.38 bits per heavy atom. The number of benzene rings is 1. The lowest BCUT2D eigenvalue weighted by molar-refractivity contribution is 0.103. The first-order valence-electron chi connectivity index (χ1n) is 6.29. The number of carbonyl (C=O) groups excluding carboxylic acids is 1. The summed E-state index contributed by atoms with van der Waals surface area (Å²) in [6.07, 6.45) is 0. The van der Waals surface area contributed by atoms with Crippen LogP contribution in [0.5, 0.6) is 0 Å². The van der Waals surface area contributed by atoms with Crippen molar-refractivity contribution in [2.45, 2.75) is 13.8 Å². The molecule has 2 rings (SSSR count). The van der Waals surface area contributed by atoms with Gasteiger partial charge in [-0.15, -0.1) is 11.3 Å². The third kappa shape index (κ3) is 3.85. The van der Waals surface area contributed by atoms with Crippen LogP contribution in [0.1, 0.15) is 25.7 Å². The van der Waals surface area contributed by atoms with E-state index in [4.69, 9.17) is 16.7 Å². The Hall–Kier alpha value is -1.80. The highest BCUT2D eigenvalue weighted by Gasteiger charge is 2.13. The van der Waals surface area contributed by atoms with Crippen LogP contribution < -0.4 is 5.32 Å². The summed E-state index contributed by atoms with van der Waals surface area (Å²) < 4.78 is 0. The van der Waals surface area contributed by atoms with Crippen molar-refractivity contribution >= 4 is 34.5 Å². The average molecular weight is 320 g/mol. The first kappa shape index (κ1) is 15.6. The molecule has 0 unspecified atom stereocenters. The molecular weight excluding hydrogens is 306 g/mol. The van der Waals surface area contributed by atoms with E-state index in [0.29, 0.717) is 15.6 Å². The molecular formula is C16H14ClNO2S. The van der Waals surface area contributed by atoms with Gasteiger partial charge in [0.25, 0.3) is 5.91 Å². The van der Waals surface area contributed by atoms with Crippen LogP contribution in [0.25, 0.3) is 0 Å². The highest BCUT2D eigenvalue weighted by atomic mass is 35.5. The Labute approximate surface area is 132 Å². The largest absolute Gasteiger partial charge is 0.384 e. The first-order chi connectivity index (χ1) is 10.0. The minimum absolute atomic E-state index is 0.197. The van der Waals surface area contributed by atoms with Gasteiger partial charge in [-0.25, -0.2) is 0 Å². The normalized spacial score (nSPS) is 9.90. The van der Waals surface area contributed by atoms with E-state index < -0.39 is 0 Å². The van der Waals surface area contributed by atoms with Crippen molar-refractivity contribution in [3.05, 3.63) is 50.2 Å². The maximum absolute atomic E-state index is 12.2. The molecule has 0 radical (unpaired) electrons. The lowest BCUT2D eigenvalue weighted by atomic mass is 10.2. The molecule has 0 saturated heterocycles. The topological polar surface area (TPSA) is 49.3 Å². The van der Waals surface area contributed by atoms with E-state index in [2.05, 4.69) is 17.2 Å². The molecule has 108 valence electrons. The molecule has 0 bridgehead atoms. The van der Waals surface area contributed by atoms with Crippen molar-refractivity contribution in [2.75, 3.05) is 11.9 Å². The van der Waals surface area contributed by atoms with Gasteiger partial charge in [0.15, 0.2) is 0 Å². The molecule has 5 heteroatoms. The molecule has 0 aliphatic heterocycles. The van der Waals surface area contributed by atoms with Crippen molar-refractivity contribution in [1.82, 2.24) is 0 Å². The van der Waals surface area contributed by atoms with Crippen LogP contribution in [0.4, 0.5) is 5.69 Å². The Morgan fingerprint density at radius 2 is 2.14 bits per heavy atom. The zero-order chi connectivity index (χ0) is 15.4. The number of aliphatic hydroxyl groups excluding tert-OH is 1. The van der Waals surface area contributed by atoms with Crippen LogP contribution in [0, 0.1) is 25.7 Å². The molecule has 1 heterocycles. The standard InChI is InChI=1S/C16H14ClNO2S/c1-10-5-6-13(12(17)8-10)18-16(20)15-9-11(2)14(21-15)4-3-7-19/h5-6,8-9,19H,7H2,1-2H3,(H,18,20). The summed E-state index contributed by atoms with van der Waals surface area (Å²) in [4.78, 5) is 13.6. The second-order valence-corrected chi connectivity index (χ2v) is 5.98. The summed E-state index contributed by atoms with van der Waals surface area (Å²) in [7, 11) is 0. The fourth-order valence-corrected chi connectivity index (χ4v) is 2.97. The summed E-state index contributed by atoms with van der Waals surface area (Å²) in [5.41, 5.74) is 2.54. The monoisotopic (exact) mass is 319 g/mol. The predicted octanol–water partition coefficient (Wildman–Crippen LogP) is 3.61. The third-order valence-corrected chi connectivity index (χ3v) is 4.26. The van der Waals surface area contributed by atoms with E-state index in [1.54, 1.807) is 18.2 Å². The number of aliphatic hydroxyl groups is 1. The number of hydrogen-bond acceptors (Lipinski definition) is 3. The summed E-state index contributed by atoms with van der Waals surface area (Å²) in [5, 5.41) is 12.0. The summed E-state index contributed by atoms with van der Waals surface area (Å²) >= 11 is 7.40. The van der Waals surface area contributed by atoms with E-state index in [1.807, 2.05) is 19.9 Å². The summed E-state index contributed by atoms with van der Waals surface area (Å²) in [6.45, 7) is 3.62. The van der Waals surface area contributed by atoms with Crippen LogP contribution >= 0.6 is 22.9 Å². The average Bonchev–Trinajstić information content (AvgIpc) is 2.81. The lowest BCUT2D eigenvalue weighted by Crippen LogP contribution is -2.10. The molecule has 0 atom stereocenters. The van der Waals surface area contributed by atoms with Crippen LogP contribution in [-0.4, -0.2) is 17.6 Å². The fourth-order valence-electron chi connectivity index (χ4n) is 1.74. The maximum atomic E-state index is 12.2. The van der Waals surface area contributed by atoms with Gasteiger partial charge in [-0.2, -0.15) is 0 Å². The van der Waals surface area contributed by atoms with E-state index in [9.17, 15) is 4.79 Å². The Bertz CT molecular complexity index is 740. The van der Waals surface area contributed by atoms with E-state index >= 15 is 0 Å². The van der Waals surface area contributed by atoms with Gasteiger partial charge in [-0.05, 0) is 43.2 Å². The predicted molar refractivity (Wildman–Crippen MR) is 87.2 cm³/mol. The lowest BCUT2D eigenvalue weighted by Gasteiger charge is -2.06. The van der Waals surface area contributed by atoms with Gasteiger partial charge in [-0.1, -0.05) is 29.5 Å². The smallest absolute Gasteiger partial charge is 0.265 e. The van der Waals surface area contributed by atoms with Crippen molar-refractivity contribution in [3.8, 4) is 11.8 Å². The second-order valence-electron chi connectivity index (χ2n) is 4.52. The van der Waals surface area contributed by atoms with Crippen LogP contribution in [0.3, 0.4) is 0 Å². The molecule has 1 amide bonds. The third-order valence-electron chi connectivity index (χ3n) is 2.80. The van der Waals surface area contributed by atoms with E-state index in [1.165, 1.54) is 11.3 Å². The molecule has 2 aromatic rings. The van der Waals surface area contributed by atoms with Crippen molar-refractivity contribution in [3.63, 3.8) is 0 Å². The Balaban J connectivity index is 2.21. The molecule has 0 saturated carbocycles. The molecule has 0 spiro atoms. The van der Waals surface area contributed by atoms with Gasteiger partial charge in [0.05, 0.1) is 20.5 Å². The van der Waals surface area contributed by atoms with Gasteiger partial charge < -0.3 is 10.4 Å². The molecule has 1 aromatic heterocycles. The number of thiophene rings is 1. The summed E-state index contributed by atoms with van der Waals surface area (Å²) in [5.74, 6) is 5.20. The van der Waals surface area contributed by atoms with Gasteiger partial charge in [0.2, 0.25) is 0 Å². The highest BCUT2D eigenvalue weighted by Crippen LogP contribution is 2.26. The Kier molecular flexibility index (Phi) is 5.03. The quantitative estimate of drug-likeness (QED) is 0.831. The first-order valence-corrected chi connectivity index (χ1v) is 7.48. The SMILES string of the molecule is Cc1ccc(NC(=O)c2cc(C)c(C#CCO)s2)c(Cl)c1. The van der Waals surface area contributed by atoms with E-state index in [-0.39, 0.29) is 12.5 Å². The molecule has 21 heavy (non-hydrogen) atoms. The van der Waals surface area contributed by atoms with Gasteiger partial charge in [0.1, 0.15) is 6.61 Å². The van der Waals surface area contributed by atoms with Crippen LogP contribution in [0.15, 0.2) is 24.3 Å². The van der Waals surface area contributed by atoms with Gasteiger partial charge >= 0.3 is 0 Å². The number of anilines is 1. The zero-order valence-corrected chi connectivity index (χ0v) is 13.2. The van der Waals surface area contributed by atoms with Crippen molar-refractivity contribution < 1.29 is 9.90 Å². The molecule has 3 nitrogen and oxygen atoms in total. The Morgan fingerprint density at radius 3 is 2.81 bits per heavy atom. The fraction of sp³-hybridized carbons (Fsp3) is 0.188. The van der Waals surface area contributed by atoms with Gasteiger partial charge in [0, 0.05) is 0 Å². The number of halogens is 1. The highest BCUT2D eigenvalue weighted by molar-refractivity contribution is 7.14.